The third-order valence-electron chi connectivity index (χ3n) is 2.77. The van der Waals surface area contributed by atoms with Gasteiger partial charge in [-0.2, -0.15) is 13.2 Å². The van der Waals surface area contributed by atoms with Gasteiger partial charge in [0.2, 0.25) is 5.75 Å². The molecule has 1 rings (SSSR count). The van der Waals surface area contributed by atoms with Crippen molar-refractivity contribution in [2.45, 2.75) is 19.1 Å². The molecule has 20 heavy (non-hydrogen) atoms. The molecule has 0 aliphatic heterocycles. The van der Waals surface area contributed by atoms with E-state index in [0.717, 1.165) is 0 Å². The van der Waals surface area contributed by atoms with E-state index in [4.69, 9.17) is 9.47 Å². The van der Waals surface area contributed by atoms with Gasteiger partial charge >= 0.3 is 6.18 Å². The molecule has 0 aliphatic carbocycles. The summed E-state index contributed by atoms with van der Waals surface area (Å²) >= 11 is 0. The predicted octanol–water partition coefficient (Wildman–Crippen LogP) is 2.79. The lowest BCUT2D eigenvalue weighted by atomic mass is 10.1. The van der Waals surface area contributed by atoms with Gasteiger partial charge in [0.05, 0.1) is 20.6 Å². The molecule has 1 aromatic rings. The monoisotopic (exact) mass is 293 g/mol. The second-order valence-electron chi connectivity index (χ2n) is 4.45. The summed E-state index contributed by atoms with van der Waals surface area (Å²) in [4.78, 5) is 1.54. The largest absolute Gasteiger partial charge is 0.502 e. The molecule has 0 aliphatic rings. The van der Waals surface area contributed by atoms with Gasteiger partial charge in [-0.3, -0.25) is 0 Å². The van der Waals surface area contributed by atoms with Crippen LogP contribution in [0, 0.1) is 0 Å². The number of phenolic OH excluding ortho intramolecular Hbond substituents is 1. The number of alkyl halides is 3. The highest BCUT2D eigenvalue weighted by Gasteiger charge is 2.27. The second-order valence-corrected chi connectivity index (χ2v) is 4.45. The van der Waals surface area contributed by atoms with E-state index < -0.39 is 12.6 Å². The predicted molar refractivity (Wildman–Crippen MR) is 68.2 cm³/mol. The van der Waals surface area contributed by atoms with Crippen molar-refractivity contribution in [2.75, 3.05) is 27.8 Å². The molecule has 4 nitrogen and oxygen atoms in total. The molecule has 0 saturated carbocycles. The molecule has 0 unspecified atom stereocenters. The van der Waals surface area contributed by atoms with E-state index in [1.807, 2.05) is 0 Å². The Balaban J connectivity index is 2.77. The fourth-order valence-electron chi connectivity index (χ4n) is 1.75. The van der Waals surface area contributed by atoms with Gasteiger partial charge in [-0.05, 0) is 24.7 Å². The van der Waals surface area contributed by atoms with Gasteiger partial charge < -0.3 is 19.5 Å². The normalized spacial score (nSPS) is 11.8. The number of benzene rings is 1. The lowest BCUT2D eigenvalue weighted by Crippen LogP contribution is -2.24. The van der Waals surface area contributed by atoms with Gasteiger partial charge in [-0.25, -0.2) is 0 Å². The van der Waals surface area contributed by atoms with E-state index in [2.05, 4.69) is 0 Å². The van der Waals surface area contributed by atoms with Crippen molar-refractivity contribution < 1.29 is 27.8 Å². The number of hydrogen-bond donors (Lipinski definition) is 1. The Morgan fingerprint density at radius 3 is 2.05 bits per heavy atom. The summed E-state index contributed by atoms with van der Waals surface area (Å²) in [5.74, 6) is 0.323. The van der Waals surface area contributed by atoms with E-state index in [9.17, 15) is 18.3 Å². The molecular formula is C13H18F3NO3. The first-order valence-electron chi connectivity index (χ1n) is 5.96. The first-order valence-corrected chi connectivity index (χ1v) is 5.96. The lowest BCUT2D eigenvalue weighted by Gasteiger charge is -2.19. The van der Waals surface area contributed by atoms with Gasteiger partial charge in [0.25, 0.3) is 0 Å². The zero-order chi connectivity index (χ0) is 15.3. The summed E-state index contributed by atoms with van der Waals surface area (Å²) < 4.78 is 46.4. The van der Waals surface area contributed by atoms with Crippen molar-refractivity contribution in [2.24, 2.45) is 0 Å². The summed E-state index contributed by atoms with van der Waals surface area (Å²) in [5, 5.41) is 9.75. The van der Waals surface area contributed by atoms with Crippen LogP contribution in [-0.2, 0) is 6.54 Å². The van der Waals surface area contributed by atoms with Crippen LogP contribution in [0.3, 0.4) is 0 Å². The van der Waals surface area contributed by atoms with E-state index in [1.54, 1.807) is 24.1 Å². The minimum Gasteiger partial charge on any atom is -0.502 e. The van der Waals surface area contributed by atoms with Gasteiger partial charge in [-0.1, -0.05) is 0 Å². The molecule has 7 heteroatoms. The number of hydrogen-bond acceptors (Lipinski definition) is 4. The molecule has 0 heterocycles. The van der Waals surface area contributed by atoms with Crippen LogP contribution in [0.15, 0.2) is 12.1 Å². The smallest absolute Gasteiger partial charge is 0.390 e. The molecule has 0 atom stereocenters. The van der Waals surface area contributed by atoms with Gasteiger partial charge in [-0.15, -0.1) is 0 Å². The highest BCUT2D eigenvalue weighted by Crippen LogP contribution is 2.37. The van der Waals surface area contributed by atoms with Crippen LogP contribution >= 0.6 is 0 Å². The number of phenols is 1. The van der Waals surface area contributed by atoms with Crippen LogP contribution in [0.5, 0.6) is 17.2 Å². The Morgan fingerprint density at radius 2 is 1.65 bits per heavy atom. The zero-order valence-corrected chi connectivity index (χ0v) is 11.6. The summed E-state index contributed by atoms with van der Waals surface area (Å²) in [7, 11) is 4.38. The Kier molecular flexibility index (Phi) is 5.50. The topological polar surface area (TPSA) is 41.9 Å². The fourth-order valence-corrected chi connectivity index (χ4v) is 1.75. The molecule has 0 amide bonds. The van der Waals surface area contributed by atoms with E-state index >= 15 is 0 Å². The quantitative estimate of drug-likeness (QED) is 0.875. The van der Waals surface area contributed by atoms with Crippen molar-refractivity contribution in [3.8, 4) is 17.2 Å². The van der Waals surface area contributed by atoms with Crippen LogP contribution in [-0.4, -0.2) is 44.0 Å². The Labute approximate surface area is 115 Å². The van der Waals surface area contributed by atoms with Gasteiger partial charge in [0.15, 0.2) is 11.5 Å². The third kappa shape index (κ3) is 4.80. The Morgan fingerprint density at radius 1 is 1.15 bits per heavy atom. The summed E-state index contributed by atoms with van der Waals surface area (Å²) in [6.07, 6.45) is -5.03. The van der Waals surface area contributed by atoms with Crippen molar-refractivity contribution >= 4 is 0 Å². The van der Waals surface area contributed by atoms with Crippen molar-refractivity contribution in [3.63, 3.8) is 0 Å². The molecule has 114 valence electrons. The molecule has 0 spiro atoms. The molecule has 0 aromatic heterocycles. The van der Waals surface area contributed by atoms with Gasteiger partial charge in [0.1, 0.15) is 0 Å². The molecule has 0 radical (unpaired) electrons. The van der Waals surface area contributed by atoms with E-state index in [-0.39, 0.29) is 23.8 Å². The van der Waals surface area contributed by atoms with Crippen LogP contribution < -0.4 is 9.47 Å². The lowest BCUT2D eigenvalue weighted by molar-refractivity contribution is -0.137. The van der Waals surface area contributed by atoms with E-state index in [0.29, 0.717) is 12.1 Å². The SMILES string of the molecule is COc1cc(CN(C)CCC(F)(F)F)cc(OC)c1O. The van der Waals surface area contributed by atoms with Crippen LogP contribution in [0.2, 0.25) is 0 Å². The standard InChI is InChI=1S/C13H18F3NO3/c1-17(5-4-13(14,15)16)8-9-6-10(19-2)12(18)11(7-9)20-3/h6-7,18H,4-5,8H2,1-3H3. The maximum absolute atomic E-state index is 12.1. The molecule has 1 N–H and O–H groups in total. The van der Waals surface area contributed by atoms with Crippen LogP contribution in [0.4, 0.5) is 13.2 Å². The van der Waals surface area contributed by atoms with Crippen LogP contribution in [0.1, 0.15) is 12.0 Å². The minimum absolute atomic E-state index is 0.102. The summed E-state index contributed by atoms with van der Waals surface area (Å²) in [6.45, 7) is 0.193. The molecular weight excluding hydrogens is 275 g/mol. The number of rotatable bonds is 6. The van der Waals surface area contributed by atoms with Crippen molar-refractivity contribution in [3.05, 3.63) is 17.7 Å². The number of nitrogens with zero attached hydrogens (tertiary/aromatic N) is 1. The van der Waals surface area contributed by atoms with Crippen molar-refractivity contribution in [1.29, 1.82) is 0 Å². The van der Waals surface area contributed by atoms with Gasteiger partial charge in [0, 0.05) is 13.1 Å². The zero-order valence-electron chi connectivity index (χ0n) is 11.6. The van der Waals surface area contributed by atoms with E-state index in [1.165, 1.54) is 14.2 Å². The average molecular weight is 293 g/mol. The maximum atomic E-state index is 12.1. The third-order valence-corrected chi connectivity index (χ3v) is 2.77. The first kappa shape index (κ1) is 16.4. The summed E-state index contributed by atoms with van der Waals surface area (Å²) in [6, 6.07) is 3.14. The average Bonchev–Trinajstić information content (AvgIpc) is 2.37. The summed E-state index contributed by atoms with van der Waals surface area (Å²) in [5.41, 5.74) is 0.696. The fraction of sp³-hybridized carbons (Fsp3) is 0.538. The second kappa shape index (κ2) is 6.69. The minimum atomic E-state index is -4.17. The highest BCUT2D eigenvalue weighted by molar-refractivity contribution is 5.52. The number of ether oxygens (including phenoxy) is 2. The number of aromatic hydroxyl groups is 1. The molecule has 1 aromatic carbocycles. The molecule has 0 bridgehead atoms. The van der Waals surface area contributed by atoms with Crippen molar-refractivity contribution in [1.82, 2.24) is 4.90 Å². The molecule has 0 fully saturated rings. The first-order chi connectivity index (χ1) is 9.26. The number of methoxy groups -OCH3 is 2. The molecule has 0 saturated heterocycles. The Bertz CT molecular complexity index is 424. The Hall–Kier alpha value is -1.63. The highest BCUT2D eigenvalue weighted by atomic mass is 19.4. The number of halogens is 3. The maximum Gasteiger partial charge on any atom is 0.390 e. The van der Waals surface area contributed by atoms with Crippen LogP contribution in [0.25, 0.3) is 0 Å².